The van der Waals surface area contributed by atoms with Crippen molar-refractivity contribution in [1.82, 2.24) is 4.90 Å². The van der Waals surface area contributed by atoms with E-state index in [1.807, 2.05) is 6.07 Å². The molecule has 0 aromatic heterocycles. The molecule has 4 rings (SSSR count). The third-order valence-electron chi connectivity index (χ3n) is 7.06. The van der Waals surface area contributed by atoms with Crippen LogP contribution in [0.3, 0.4) is 0 Å². The van der Waals surface area contributed by atoms with Crippen molar-refractivity contribution in [2.45, 2.75) is 58.8 Å². The number of piperazine rings is 1. The van der Waals surface area contributed by atoms with Gasteiger partial charge in [-0.15, -0.1) is 0 Å². The van der Waals surface area contributed by atoms with Crippen molar-refractivity contribution in [3.8, 4) is 11.5 Å². The van der Waals surface area contributed by atoms with E-state index in [4.69, 9.17) is 9.47 Å². The van der Waals surface area contributed by atoms with Crippen molar-refractivity contribution in [1.29, 1.82) is 0 Å². The standard InChI is InChI=1S/C25H38N2O3/c1-19(2)16-22(28)17-21-8-6-20(7-9-21)10-11-26-12-14-27(15-13-26)23-4-3-5-24-25(23)30-18-29-24/h3-5,19-21H,6-18H2,1-2H3. The fourth-order valence-electron chi connectivity index (χ4n) is 5.33. The van der Waals surface area contributed by atoms with Gasteiger partial charge in [-0.3, -0.25) is 9.69 Å². The number of rotatable bonds is 8. The second-order valence-corrected chi connectivity index (χ2v) is 9.86. The van der Waals surface area contributed by atoms with E-state index in [-0.39, 0.29) is 0 Å². The van der Waals surface area contributed by atoms with E-state index in [0.29, 0.717) is 24.4 Å². The zero-order chi connectivity index (χ0) is 20.9. The van der Waals surface area contributed by atoms with Crippen LogP contribution < -0.4 is 14.4 Å². The molecule has 0 spiro atoms. The molecule has 0 radical (unpaired) electrons. The van der Waals surface area contributed by atoms with Gasteiger partial charge in [0.15, 0.2) is 11.5 Å². The van der Waals surface area contributed by atoms with Crippen LogP contribution in [0.2, 0.25) is 0 Å². The van der Waals surface area contributed by atoms with Gasteiger partial charge in [0.25, 0.3) is 0 Å². The average molecular weight is 415 g/mol. The van der Waals surface area contributed by atoms with Crippen LogP contribution >= 0.6 is 0 Å². The Morgan fingerprint density at radius 3 is 2.50 bits per heavy atom. The number of ether oxygens (including phenoxy) is 2. The van der Waals surface area contributed by atoms with Gasteiger partial charge in [-0.05, 0) is 55.7 Å². The highest BCUT2D eigenvalue weighted by atomic mass is 16.7. The number of carbonyl (C=O) groups is 1. The topological polar surface area (TPSA) is 42.0 Å². The van der Waals surface area contributed by atoms with Crippen molar-refractivity contribution in [2.75, 3.05) is 44.4 Å². The van der Waals surface area contributed by atoms with Crippen LogP contribution in [0.1, 0.15) is 58.8 Å². The lowest BCUT2D eigenvalue weighted by Crippen LogP contribution is -2.47. The molecule has 166 valence electrons. The molecule has 30 heavy (non-hydrogen) atoms. The zero-order valence-corrected chi connectivity index (χ0v) is 18.8. The number of carbonyl (C=O) groups excluding carboxylic acids is 1. The molecule has 1 saturated heterocycles. The van der Waals surface area contributed by atoms with Crippen LogP contribution in [0.25, 0.3) is 0 Å². The smallest absolute Gasteiger partial charge is 0.231 e. The molecule has 0 unspecified atom stereocenters. The zero-order valence-electron chi connectivity index (χ0n) is 18.8. The Hall–Kier alpha value is -1.75. The van der Waals surface area contributed by atoms with Crippen LogP contribution in [0.5, 0.6) is 11.5 Å². The van der Waals surface area contributed by atoms with Crippen LogP contribution in [-0.2, 0) is 4.79 Å². The fourth-order valence-corrected chi connectivity index (χ4v) is 5.33. The minimum absolute atomic E-state index is 0.334. The summed E-state index contributed by atoms with van der Waals surface area (Å²) in [7, 11) is 0. The number of para-hydroxylation sites is 1. The molecule has 0 bridgehead atoms. The third kappa shape index (κ3) is 5.48. The lowest BCUT2D eigenvalue weighted by atomic mass is 9.78. The molecule has 3 aliphatic rings. The lowest BCUT2D eigenvalue weighted by molar-refractivity contribution is -0.120. The Balaban J connectivity index is 1.15. The molecule has 5 nitrogen and oxygen atoms in total. The number of hydrogen-bond donors (Lipinski definition) is 0. The Kier molecular flexibility index (Phi) is 7.19. The Morgan fingerprint density at radius 1 is 1.03 bits per heavy atom. The number of nitrogens with zero attached hydrogens (tertiary/aromatic N) is 2. The van der Waals surface area contributed by atoms with E-state index < -0.39 is 0 Å². The van der Waals surface area contributed by atoms with Crippen LogP contribution in [-0.4, -0.2) is 50.2 Å². The average Bonchev–Trinajstić information content (AvgIpc) is 3.22. The summed E-state index contributed by atoms with van der Waals surface area (Å²) < 4.78 is 11.2. The molecule has 1 aromatic rings. The Morgan fingerprint density at radius 2 is 1.77 bits per heavy atom. The first-order valence-corrected chi connectivity index (χ1v) is 12.0. The molecule has 5 heteroatoms. The minimum Gasteiger partial charge on any atom is -0.454 e. The van der Waals surface area contributed by atoms with Gasteiger partial charge in [-0.2, -0.15) is 0 Å². The highest BCUT2D eigenvalue weighted by Gasteiger charge is 2.26. The van der Waals surface area contributed by atoms with Gasteiger partial charge >= 0.3 is 0 Å². The highest BCUT2D eigenvalue weighted by molar-refractivity contribution is 5.78. The van der Waals surface area contributed by atoms with Gasteiger partial charge in [-0.25, -0.2) is 0 Å². The molecule has 2 heterocycles. The molecule has 0 atom stereocenters. The summed E-state index contributed by atoms with van der Waals surface area (Å²) in [5.74, 6) is 4.26. The first kappa shape index (κ1) is 21.5. The monoisotopic (exact) mass is 414 g/mol. The van der Waals surface area contributed by atoms with Crippen molar-refractivity contribution >= 4 is 11.5 Å². The molecule has 2 aliphatic heterocycles. The molecule has 2 fully saturated rings. The van der Waals surface area contributed by atoms with Crippen molar-refractivity contribution < 1.29 is 14.3 Å². The van der Waals surface area contributed by atoms with Gasteiger partial charge in [-0.1, -0.05) is 32.8 Å². The predicted octanol–water partition coefficient (Wildman–Crippen LogP) is 4.74. The SMILES string of the molecule is CC(C)CC(=O)CC1CCC(CCN2CCN(c3cccc4c3OCO4)CC2)CC1. The van der Waals surface area contributed by atoms with E-state index in [9.17, 15) is 4.79 Å². The molecule has 0 amide bonds. The quantitative estimate of drug-likeness (QED) is 0.615. The lowest BCUT2D eigenvalue weighted by Gasteiger charge is -2.37. The first-order chi connectivity index (χ1) is 14.6. The van der Waals surface area contributed by atoms with Crippen molar-refractivity contribution in [3.63, 3.8) is 0 Å². The number of anilines is 1. The molecular weight excluding hydrogens is 376 g/mol. The van der Waals surface area contributed by atoms with Crippen LogP contribution in [0, 0.1) is 17.8 Å². The summed E-state index contributed by atoms with van der Waals surface area (Å²) in [5.41, 5.74) is 1.18. The molecule has 0 N–H and O–H groups in total. The van der Waals surface area contributed by atoms with Gasteiger partial charge < -0.3 is 14.4 Å². The predicted molar refractivity (Wildman–Crippen MR) is 120 cm³/mol. The van der Waals surface area contributed by atoms with Crippen molar-refractivity contribution in [2.24, 2.45) is 17.8 Å². The summed E-state index contributed by atoms with van der Waals surface area (Å²) in [6, 6.07) is 6.19. The third-order valence-corrected chi connectivity index (χ3v) is 7.06. The summed E-state index contributed by atoms with van der Waals surface area (Å²) >= 11 is 0. The summed E-state index contributed by atoms with van der Waals surface area (Å²) in [5, 5.41) is 0. The fraction of sp³-hybridized carbons (Fsp3) is 0.720. The van der Waals surface area contributed by atoms with E-state index in [1.54, 1.807) is 0 Å². The minimum atomic E-state index is 0.334. The van der Waals surface area contributed by atoms with E-state index >= 15 is 0 Å². The maximum atomic E-state index is 12.1. The van der Waals surface area contributed by atoms with E-state index in [1.165, 1.54) is 44.3 Å². The summed E-state index contributed by atoms with van der Waals surface area (Å²) in [4.78, 5) is 17.2. The molecule has 1 aliphatic carbocycles. The van der Waals surface area contributed by atoms with E-state index in [0.717, 1.165) is 56.4 Å². The number of Topliss-reactive ketones (excluding diaryl/α,β-unsaturated/α-hetero) is 1. The molecule has 1 aromatic carbocycles. The second kappa shape index (κ2) is 10.0. The van der Waals surface area contributed by atoms with Gasteiger partial charge in [0.1, 0.15) is 5.78 Å². The Bertz CT molecular complexity index is 704. The highest BCUT2D eigenvalue weighted by Crippen LogP contribution is 2.41. The number of fused-ring (bicyclic) bond motifs is 1. The number of hydrogen-bond acceptors (Lipinski definition) is 5. The van der Waals surface area contributed by atoms with Crippen molar-refractivity contribution in [3.05, 3.63) is 18.2 Å². The molecule has 1 saturated carbocycles. The second-order valence-electron chi connectivity index (χ2n) is 9.86. The number of benzene rings is 1. The van der Waals surface area contributed by atoms with Crippen LogP contribution in [0.15, 0.2) is 18.2 Å². The van der Waals surface area contributed by atoms with Gasteiger partial charge in [0.05, 0.1) is 5.69 Å². The summed E-state index contributed by atoms with van der Waals surface area (Å²) in [6.45, 7) is 10.1. The van der Waals surface area contributed by atoms with Gasteiger partial charge in [0.2, 0.25) is 6.79 Å². The normalized spacial score (nSPS) is 24.4. The van der Waals surface area contributed by atoms with Gasteiger partial charge in [0, 0.05) is 39.0 Å². The van der Waals surface area contributed by atoms with E-state index in [2.05, 4.69) is 35.8 Å². The summed E-state index contributed by atoms with van der Waals surface area (Å²) in [6.07, 6.45) is 8.03. The first-order valence-electron chi connectivity index (χ1n) is 12.0. The maximum absolute atomic E-state index is 12.1. The number of ketones is 1. The maximum Gasteiger partial charge on any atom is 0.231 e. The van der Waals surface area contributed by atoms with Crippen LogP contribution in [0.4, 0.5) is 5.69 Å². The Labute approximate surface area is 181 Å². The largest absolute Gasteiger partial charge is 0.454 e. The molecular formula is C25H38N2O3.